The Hall–Kier alpha value is -2.02. The maximum absolute atomic E-state index is 12.1. The highest BCUT2D eigenvalue weighted by atomic mass is 32.2. The summed E-state index contributed by atoms with van der Waals surface area (Å²) in [4.78, 5) is 12.1. The van der Waals surface area contributed by atoms with Gasteiger partial charge in [0.1, 0.15) is 5.75 Å². The Balaban J connectivity index is 2.09. The molecule has 2 rings (SSSR count). The van der Waals surface area contributed by atoms with Crippen LogP contribution in [-0.2, 0) is 14.8 Å². The highest BCUT2D eigenvalue weighted by molar-refractivity contribution is 7.92. The van der Waals surface area contributed by atoms with Crippen LogP contribution in [0.15, 0.2) is 29.8 Å². The first-order valence-corrected chi connectivity index (χ1v) is 9.43. The molecule has 1 amide bonds. The number of rotatable bonds is 5. The maximum Gasteiger partial charge on any atom is 0.248 e. The summed E-state index contributed by atoms with van der Waals surface area (Å²) in [5.74, 6) is 0.173. The van der Waals surface area contributed by atoms with Gasteiger partial charge >= 0.3 is 0 Å². The van der Waals surface area contributed by atoms with Crippen LogP contribution in [0.2, 0.25) is 0 Å². The van der Waals surface area contributed by atoms with Gasteiger partial charge in [0, 0.05) is 17.8 Å². The zero-order chi connectivity index (χ0) is 16.9. The predicted molar refractivity (Wildman–Crippen MR) is 91.3 cm³/mol. The van der Waals surface area contributed by atoms with Crippen molar-refractivity contribution >= 4 is 27.3 Å². The van der Waals surface area contributed by atoms with Crippen molar-refractivity contribution in [3.05, 3.63) is 29.8 Å². The maximum atomic E-state index is 12.1. The zero-order valence-electron chi connectivity index (χ0n) is 13.4. The SMILES string of the molecule is COc1cc(NC(=O)C=C2CCCCC2)ccc1NS(C)(=O)=O. The van der Waals surface area contributed by atoms with E-state index in [-0.39, 0.29) is 5.91 Å². The Bertz CT molecular complexity index is 703. The van der Waals surface area contributed by atoms with Crippen molar-refractivity contribution in [2.75, 3.05) is 23.4 Å². The number of allylic oxidation sites excluding steroid dienone is 1. The molecular weight excluding hydrogens is 316 g/mol. The third-order valence-electron chi connectivity index (χ3n) is 3.60. The average molecular weight is 338 g/mol. The molecule has 1 aromatic rings. The lowest BCUT2D eigenvalue weighted by molar-refractivity contribution is -0.112. The van der Waals surface area contributed by atoms with Crippen LogP contribution in [0, 0.1) is 0 Å². The number of ether oxygens (including phenoxy) is 1. The number of carbonyl (C=O) groups is 1. The molecule has 1 aromatic carbocycles. The summed E-state index contributed by atoms with van der Waals surface area (Å²) in [6.45, 7) is 0. The molecule has 0 spiro atoms. The van der Waals surface area contributed by atoms with Gasteiger partial charge in [0.25, 0.3) is 0 Å². The van der Waals surface area contributed by atoms with Crippen LogP contribution in [0.4, 0.5) is 11.4 Å². The average Bonchev–Trinajstić information content (AvgIpc) is 2.48. The molecule has 0 aromatic heterocycles. The van der Waals surface area contributed by atoms with Crippen molar-refractivity contribution < 1.29 is 17.9 Å². The van der Waals surface area contributed by atoms with Crippen molar-refractivity contribution in [1.29, 1.82) is 0 Å². The number of sulfonamides is 1. The van der Waals surface area contributed by atoms with E-state index in [0.717, 1.165) is 31.9 Å². The molecule has 1 aliphatic rings. The molecule has 0 radical (unpaired) electrons. The standard InChI is InChI=1S/C16H22N2O4S/c1-22-15-11-13(8-9-14(15)18-23(2,20)21)17-16(19)10-12-6-4-3-5-7-12/h8-11,18H,3-7H2,1-2H3,(H,17,19). The molecule has 126 valence electrons. The van der Waals surface area contributed by atoms with Crippen LogP contribution in [0.5, 0.6) is 5.75 Å². The summed E-state index contributed by atoms with van der Waals surface area (Å²) >= 11 is 0. The van der Waals surface area contributed by atoms with Gasteiger partial charge in [0.2, 0.25) is 15.9 Å². The minimum absolute atomic E-state index is 0.173. The highest BCUT2D eigenvalue weighted by Crippen LogP contribution is 2.29. The molecule has 1 fully saturated rings. The molecule has 0 unspecified atom stereocenters. The molecule has 0 heterocycles. The number of methoxy groups -OCH3 is 1. The molecule has 6 nitrogen and oxygen atoms in total. The molecule has 23 heavy (non-hydrogen) atoms. The van der Waals surface area contributed by atoms with E-state index in [4.69, 9.17) is 4.74 Å². The number of amides is 1. The van der Waals surface area contributed by atoms with Crippen LogP contribution in [0.25, 0.3) is 0 Å². The first kappa shape index (κ1) is 17.3. The molecule has 0 bridgehead atoms. The minimum Gasteiger partial charge on any atom is -0.494 e. The zero-order valence-corrected chi connectivity index (χ0v) is 14.2. The second-order valence-corrected chi connectivity index (χ2v) is 7.39. The molecular formula is C16H22N2O4S. The van der Waals surface area contributed by atoms with Gasteiger partial charge < -0.3 is 10.1 Å². The number of nitrogens with one attached hydrogen (secondary N) is 2. The van der Waals surface area contributed by atoms with E-state index >= 15 is 0 Å². The Morgan fingerprint density at radius 2 is 1.91 bits per heavy atom. The molecule has 7 heteroatoms. The van der Waals surface area contributed by atoms with Crippen molar-refractivity contribution in [1.82, 2.24) is 0 Å². The normalized spacial score (nSPS) is 15.0. The van der Waals surface area contributed by atoms with E-state index in [2.05, 4.69) is 10.0 Å². The van der Waals surface area contributed by atoms with Crippen molar-refractivity contribution in [2.45, 2.75) is 32.1 Å². The van der Waals surface area contributed by atoms with Gasteiger partial charge in [-0.15, -0.1) is 0 Å². The molecule has 1 saturated carbocycles. The van der Waals surface area contributed by atoms with E-state index < -0.39 is 10.0 Å². The summed E-state index contributed by atoms with van der Waals surface area (Å²) in [5.41, 5.74) is 2.06. The van der Waals surface area contributed by atoms with E-state index in [0.29, 0.717) is 17.1 Å². The smallest absolute Gasteiger partial charge is 0.248 e. The van der Waals surface area contributed by atoms with Gasteiger partial charge in [0.05, 0.1) is 19.1 Å². The number of hydrogen-bond acceptors (Lipinski definition) is 4. The van der Waals surface area contributed by atoms with Crippen LogP contribution < -0.4 is 14.8 Å². The van der Waals surface area contributed by atoms with E-state index in [9.17, 15) is 13.2 Å². The van der Waals surface area contributed by atoms with E-state index in [1.54, 1.807) is 24.3 Å². The molecule has 0 atom stereocenters. The fraction of sp³-hybridized carbons (Fsp3) is 0.438. The summed E-state index contributed by atoms with van der Waals surface area (Å²) < 4.78 is 30.2. The van der Waals surface area contributed by atoms with Gasteiger partial charge in [-0.25, -0.2) is 8.42 Å². The molecule has 0 aliphatic heterocycles. The first-order valence-electron chi connectivity index (χ1n) is 7.53. The second kappa shape index (κ2) is 7.50. The van der Waals surface area contributed by atoms with E-state index in [1.165, 1.54) is 19.1 Å². The lowest BCUT2D eigenvalue weighted by Gasteiger charge is -2.14. The third kappa shape index (κ3) is 5.59. The largest absolute Gasteiger partial charge is 0.494 e. The van der Waals surface area contributed by atoms with Gasteiger partial charge in [-0.1, -0.05) is 12.0 Å². The Morgan fingerprint density at radius 3 is 2.52 bits per heavy atom. The molecule has 1 aliphatic carbocycles. The van der Waals surface area contributed by atoms with Crippen molar-refractivity contribution in [3.8, 4) is 5.75 Å². The van der Waals surface area contributed by atoms with E-state index in [1.807, 2.05) is 0 Å². The second-order valence-electron chi connectivity index (χ2n) is 5.64. The fourth-order valence-corrected chi connectivity index (χ4v) is 3.14. The van der Waals surface area contributed by atoms with Crippen molar-refractivity contribution in [2.24, 2.45) is 0 Å². The highest BCUT2D eigenvalue weighted by Gasteiger charge is 2.11. The lowest BCUT2D eigenvalue weighted by Crippen LogP contribution is -2.12. The van der Waals surface area contributed by atoms with Gasteiger partial charge in [-0.05, 0) is 37.8 Å². The number of carbonyl (C=O) groups excluding carboxylic acids is 1. The van der Waals surface area contributed by atoms with Gasteiger partial charge in [-0.2, -0.15) is 0 Å². The molecule has 2 N–H and O–H groups in total. The van der Waals surface area contributed by atoms with Crippen LogP contribution >= 0.6 is 0 Å². The monoisotopic (exact) mass is 338 g/mol. The van der Waals surface area contributed by atoms with Crippen LogP contribution in [0.3, 0.4) is 0 Å². The topological polar surface area (TPSA) is 84.5 Å². The Morgan fingerprint density at radius 1 is 1.22 bits per heavy atom. The Labute approximate surface area is 137 Å². The summed E-state index contributed by atoms with van der Waals surface area (Å²) in [6.07, 6.45) is 8.19. The summed E-state index contributed by atoms with van der Waals surface area (Å²) in [5, 5.41) is 2.78. The Kier molecular flexibility index (Phi) is 5.65. The minimum atomic E-state index is -3.39. The van der Waals surface area contributed by atoms with Gasteiger partial charge in [-0.3, -0.25) is 9.52 Å². The van der Waals surface area contributed by atoms with Crippen LogP contribution in [-0.4, -0.2) is 27.7 Å². The third-order valence-corrected chi connectivity index (χ3v) is 4.19. The van der Waals surface area contributed by atoms with Crippen LogP contribution in [0.1, 0.15) is 32.1 Å². The summed E-state index contributed by atoms with van der Waals surface area (Å²) in [6, 6.07) is 4.78. The number of anilines is 2. The lowest BCUT2D eigenvalue weighted by atomic mass is 9.94. The van der Waals surface area contributed by atoms with Crippen molar-refractivity contribution in [3.63, 3.8) is 0 Å². The quantitative estimate of drug-likeness (QED) is 0.809. The fourth-order valence-electron chi connectivity index (χ4n) is 2.57. The predicted octanol–water partition coefficient (Wildman–Crippen LogP) is 2.90. The van der Waals surface area contributed by atoms with Gasteiger partial charge in [0.15, 0.2) is 0 Å². The summed E-state index contributed by atoms with van der Waals surface area (Å²) in [7, 11) is -1.95. The number of benzene rings is 1. The molecule has 0 saturated heterocycles. The first-order chi connectivity index (χ1) is 10.9. The number of hydrogen-bond donors (Lipinski definition) is 2.